The molecule has 0 heterocycles. The van der Waals surface area contributed by atoms with E-state index in [9.17, 15) is 13.6 Å². The van der Waals surface area contributed by atoms with Gasteiger partial charge in [-0.3, -0.25) is 4.79 Å². The number of benzene rings is 1. The number of halogens is 2. The molecule has 0 aliphatic heterocycles. The van der Waals surface area contributed by atoms with E-state index in [4.69, 9.17) is 5.73 Å². The number of carbonyl (C=O) groups is 1. The van der Waals surface area contributed by atoms with Gasteiger partial charge in [0.2, 0.25) is 0 Å². The normalized spacial score (nSPS) is 14.3. The Morgan fingerprint density at radius 2 is 2.16 bits per heavy atom. The van der Waals surface area contributed by atoms with Crippen LogP contribution in [0.25, 0.3) is 0 Å². The maximum atomic E-state index is 13.6. The Balaban J connectivity index is 1.96. The molecule has 1 aliphatic carbocycles. The average Bonchev–Trinajstić information content (AvgIpc) is 2.86. The first-order valence-electron chi connectivity index (χ1n) is 6.28. The lowest BCUT2D eigenvalue weighted by atomic mass is 10.1. The third kappa shape index (κ3) is 3.30. The molecule has 0 saturated carbocycles. The Morgan fingerprint density at radius 1 is 1.37 bits per heavy atom. The van der Waals surface area contributed by atoms with Crippen molar-refractivity contribution < 1.29 is 13.6 Å². The summed E-state index contributed by atoms with van der Waals surface area (Å²) in [7, 11) is 0. The molecule has 0 atom stereocenters. The first-order chi connectivity index (χ1) is 9.08. The Morgan fingerprint density at radius 3 is 2.84 bits per heavy atom. The van der Waals surface area contributed by atoms with Crippen LogP contribution in [-0.4, -0.2) is 12.5 Å². The zero-order valence-electron chi connectivity index (χ0n) is 10.5. The minimum Gasteiger partial charge on any atom is -0.396 e. The average molecular weight is 266 g/mol. The standard InChI is InChI=1S/C14H16F2N2O/c15-10-7-11(13(16)12(17)8-10)14(19)18-6-5-9-3-1-2-4-9/h3,7-8H,1-2,4-6,17H2,(H,18,19). The molecule has 1 aromatic rings. The zero-order valence-corrected chi connectivity index (χ0v) is 10.5. The highest BCUT2D eigenvalue weighted by atomic mass is 19.1. The van der Waals surface area contributed by atoms with Gasteiger partial charge >= 0.3 is 0 Å². The molecule has 19 heavy (non-hydrogen) atoms. The fourth-order valence-electron chi connectivity index (χ4n) is 2.17. The van der Waals surface area contributed by atoms with E-state index in [1.807, 2.05) is 0 Å². The molecule has 3 nitrogen and oxygen atoms in total. The lowest BCUT2D eigenvalue weighted by Gasteiger charge is -2.08. The summed E-state index contributed by atoms with van der Waals surface area (Å²) in [5, 5.41) is 2.58. The maximum Gasteiger partial charge on any atom is 0.254 e. The predicted molar refractivity (Wildman–Crippen MR) is 69.7 cm³/mol. The van der Waals surface area contributed by atoms with Crippen molar-refractivity contribution in [3.05, 3.63) is 41.0 Å². The number of nitrogens with one attached hydrogen (secondary N) is 1. The molecule has 0 fully saturated rings. The number of amides is 1. The summed E-state index contributed by atoms with van der Waals surface area (Å²) in [6.07, 6.45) is 6.19. The maximum absolute atomic E-state index is 13.6. The van der Waals surface area contributed by atoms with Crippen LogP contribution in [0.1, 0.15) is 36.0 Å². The summed E-state index contributed by atoms with van der Waals surface area (Å²) in [6.45, 7) is 0.417. The summed E-state index contributed by atoms with van der Waals surface area (Å²) >= 11 is 0. The van der Waals surface area contributed by atoms with E-state index in [0.717, 1.165) is 37.8 Å². The molecular weight excluding hydrogens is 250 g/mol. The molecule has 1 amide bonds. The van der Waals surface area contributed by atoms with Gasteiger partial charge in [0.25, 0.3) is 5.91 Å². The molecular formula is C14H16F2N2O. The second-order valence-corrected chi connectivity index (χ2v) is 4.62. The van der Waals surface area contributed by atoms with Gasteiger partial charge in [0.1, 0.15) is 5.82 Å². The van der Waals surface area contributed by atoms with Gasteiger partial charge in [-0.25, -0.2) is 8.78 Å². The Bertz CT molecular complexity index is 526. The van der Waals surface area contributed by atoms with Crippen LogP contribution in [0.2, 0.25) is 0 Å². The SMILES string of the molecule is Nc1cc(F)cc(C(=O)NCCC2=CCCC2)c1F. The molecule has 5 heteroatoms. The molecule has 0 unspecified atom stereocenters. The third-order valence-electron chi connectivity index (χ3n) is 3.18. The Kier molecular flexibility index (Phi) is 4.14. The molecule has 0 aromatic heterocycles. The smallest absolute Gasteiger partial charge is 0.254 e. The lowest BCUT2D eigenvalue weighted by molar-refractivity contribution is 0.0949. The van der Waals surface area contributed by atoms with Crippen molar-refractivity contribution in [3.63, 3.8) is 0 Å². The minimum atomic E-state index is -0.876. The molecule has 102 valence electrons. The zero-order chi connectivity index (χ0) is 13.8. The number of rotatable bonds is 4. The van der Waals surface area contributed by atoms with E-state index in [2.05, 4.69) is 11.4 Å². The van der Waals surface area contributed by atoms with Crippen LogP contribution < -0.4 is 11.1 Å². The van der Waals surface area contributed by atoms with Gasteiger partial charge < -0.3 is 11.1 Å². The molecule has 0 radical (unpaired) electrons. The fraction of sp³-hybridized carbons (Fsp3) is 0.357. The van der Waals surface area contributed by atoms with Crippen LogP contribution in [0.4, 0.5) is 14.5 Å². The van der Waals surface area contributed by atoms with Gasteiger partial charge in [0.05, 0.1) is 11.3 Å². The Hall–Kier alpha value is -1.91. The van der Waals surface area contributed by atoms with Crippen molar-refractivity contribution in [2.45, 2.75) is 25.7 Å². The van der Waals surface area contributed by atoms with Crippen LogP contribution in [0.15, 0.2) is 23.8 Å². The molecule has 0 saturated heterocycles. The number of nitrogens with two attached hydrogens (primary N) is 1. The molecule has 1 aromatic carbocycles. The van der Waals surface area contributed by atoms with Gasteiger partial charge in [0.15, 0.2) is 5.82 Å². The number of carbonyl (C=O) groups excluding carboxylic acids is 1. The highest BCUT2D eigenvalue weighted by Crippen LogP contribution is 2.20. The third-order valence-corrected chi connectivity index (χ3v) is 3.18. The van der Waals surface area contributed by atoms with E-state index in [1.165, 1.54) is 5.57 Å². The van der Waals surface area contributed by atoms with Crippen molar-refractivity contribution in [1.29, 1.82) is 0 Å². The summed E-state index contributed by atoms with van der Waals surface area (Å²) in [5.74, 6) is -2.23. The number of nitrogen functional groups attached to an aromatic ring is 1. The first kappa shape index (κ1) is 13.5. The van der Waals surface area contributed by atoms with Crippen LogP contribution in [-0.2, 0) is 0 Å². The van der Waals surface area contributed by atoms with Gasteiger partial charge in [-0.15, -0.1) is 0 Å². The molecule has 1 aliphatic rings. The van der Waals surface area contributed by atoms with Crippen LogP contribution >= 0.6 is 0 Å². The summed E-state index contributed by atoms with van der Waals surface area (Å²) < 4.78 is 26.7. The van der Waals surface area contributed by atoms with Gasteiger partial charge in [-0.2, -0.15) is 0 Å². The molecule has 3 N–H and O–H groups in total. The highest BCUT2D eigenvalue weighted by Gasteiger charge is 2.16. The van der Waals surface area contributed by atoms with E-state index in [-0.39, 0.29) is 11.3 Å². The van der Waals surface area contributed by atoms with Crippen molar-refractivity contribution in [2.24, 2.45) is 0 Å². The summed E-state index contributed by atoms with van der Waals surface area (Å²) in [5.41, 5.74) is 5.88. The quantitative estimate of drug-likeness (QED) is 0.650. The number of allylic oxidation sites excluding steroid dienone is 1. The molecule has 2 rings (SSSR count). The van der Waals surface area contributed by atoms with Crippen molar-refractivity contribution >= 4 is 11.6 Å². The van der Waals surface area contributed by atoms with Crippen LogP contribution in [0.3, 0.4) is 0 Å². The summed E-state index contributed by atoms with van der Waals surface area (Å²) in [4.78, 5) is 11.8. The minimum absolute atomic E-state index is 0.349. The Labute approximate surface area is 110 Å². The van der Waals surface area contributed by atoms with Gasteiger partial charge in [0, 0.05) is 6.54 Å². The highest BCUT2D eigenvalue weighted by molar-refractivity contribution is 5.95. The van der Waals surface area contributed by atoms with E-state index >= 15 is 0 Å². The van der Waals surface area contributed by atoms with E-state index < -0.39 is 17.5 Å². The summed E-state index contributed by atoms with van der Waals surface area (Å²) in [6, 6.07) is 1.71. The second-order valence-electron chi connectivity index (χ2n) is 4.62. The monoisotopic (exact) mass is 266 g/mol. The largest absolute Gasteiger partial charge is 0.396 e. The number of hydrogen-bond acceptors (Lipinski definition) is 2. The molecule has 0 spiro atoms. The lowest BCUT2D eigenvalue weighted by Crippen LogP contribution is -2.26. The second kappa shape index (κ2) is 5.82. The van der Waals surface area contributed by atoms with Gasteiger partial charge in [-0.1, -0.05) is 11.6 Å². The number of anilines is 1. The van der Waals surface area contributed by atoms with E-state index in [0.29, 0.717) is 6.54 Å². The van der Waals surface area contributed by atoms with Crippen molar-refractivity contribution in [3.8, 4) is 0 Å². The van der Waals surface area contributed by atoms with Crippen LogP contribution in [0, 0.1) is 11.6 Å². The van der Waals surface area contributed by atoms with Gasteiger partial charge in [-0.05, 0) is 37.8 Å². The first-order valence-corrected chi connectivity index (χ1v) is 6.28. The fourth-order valence-corrected chi connectivity index (χ4v) is 2.17. The predicted octanol–water partition coefficient (Wildman–Crippen LogP) is 2.78. The molecule has 0 bridgehead atoms. The topological polar surface area (TPSA) is 55.1 Å². The number of hydrogen-bond donors (Lipinski definition) is 2. The van der Waals surface area contributed by atoms with E-state index in [1.54, 1.807) is 0 Å². The van der Waals surface area contributed by atoms with Crippen molar-refractivity contribution in [1.82, 2.24) is 5.32 Å². The van der Waals surface area contributed by atoms with Crippen LogP contribution in [0.5, 0.6) is 0 Å². The van der Waals surface area contributed by atoms with Crippen molar-refractivity contribution in [2.75, 3.05) is 12.3 Å².